The number of sulfonamides is 1. The third-order valence-electron chi connectivity index (χ3n) is 4.12. The molecule has 2 aromatic heterocycles. The molecule has 1 aliphatic rings. The van der Waals surface area contributed by atoms with Gasteiger partial charge in [-0.15, -0.1) is 0 Å². The molecule has 7 nitrogen and oxygen atoms in total. The highest BCUT2D eigenvalue weighted by molar-refractivity contribution is 7.91. The maximum absolute atomic E-state index is 13.3. The van der Waals surface area contributed by atoms with E-state index in [1.807, 2.05) is 0 Å². The van der Waals surface area contributed by atoms with E-state index in [0.717, 1.165) is 11.8 Å². The van der Waals surface area contributed by atoms with Crippen LogP contribution >= 0.6 is 0 Å². The smallest absolute Gasteiger partial charge is 0.245 e. The van der Waals surface area contributed by atoms with Crippen molar-refractivity contribution in [2.75, 3.05) is 29.1 Å². The zero-order chi connectivity index (χ0) is 18.3. The summed E-state index contributed by atoms with van der Waals surface area (Å²) in [7, 11) is -3.50. The Kier molecular flexibility index (Phi) is 3.87. The molecule has 0 fully saturated rings. The van der Waals surface area contributed by atoms with Crippen molar-refractivity contribution in [3.05, 3.63) is 54.6 Å². The topological polar surface area (TPSA) is 80.1 Å². The molecule has 26 heavy (non-hydrogen) atoms. The summed E-state index contributed by atoms with van der Waals surface area (Å²) >= 11 is 0. The van der Waals surface area contributed by atoms with Gasteiger partial charge in [-0.1, -0.05) is 0 Å². The molecule has 3 heterocycles. The maximum atomic E-state index is 13.3. The van der Waals surface area contributed by atoms with Crippen LogP contribution in [0.4, 0.5) is 10.3 Å². The number of aromatic nitrogens is 3. The molecule has 0 amide bonds. The van der Waals surface area contributed by atoms with Gasteiger partial charge in [-0.05, 0) is 36.4 Å². The van der Waals surface area contributed by atoms with Gasteiger partial charge in [0, 0.05) is 30.1 Å². The lowest BCUT2D eigenvalue weighted by atomic mass is 10.1. The molecule has 0 atom stereocenters. The SMILES string of the molecule is CS(=O)(=O)N1CCNc2nc(-c3ccc(F)cc3)c(-c3ccncc3)n21. The number of pyridine rings is 1. The zero-order valence-electron chi connectivity index (χ0n) is 13.9. The lowest BCUT2D eigenvalue weighted by Crippen LogP contribution is -2.47. The quantitative estimate of drug-likeness (QED) is 0.760. The highest BCUT2D eigenvalue weighted by atomic mass is 32.2. The van der Waals surface area contributed by atoms with Gasteiger partial charge in [0.05, 0.1) is 12.8 Å². The van der Waals surface area contributed by atoms with E-state index >= 15 is 0 Å². The molecule has 1 aliphatic heterocycles. The van der Waals surface area contributed by atoms with Crippen LogP contribution in [-0.4, -0.2) is 42.4 Å². The normalized spacial score (nSPS) is 14.0. The molecule has 0 saturated carbocycles. The number of rotatable bonds is 3. The van der Waals surface area contributed by atoms with Crippen molar-refractivity contribution in [3.8, 4) is 22.5 Å². The number of nitrogens with one attached hydrogen (secondary N) is 1. The summed E-state index contributed by atoms with van der Waals surface area (Å²) in [6.07, 6.45) is 4.42. The molecular formula is C17H16FN5O2S. The Bertz CT molecular complexity index is 1050. The first-order valence-corrected chi connectivity index (χ1v) is 9.81. The van der Waals surface area contributed by atoms with E-state index in [2.05, 4.69) is 15.3 Å². The second kappa shape index (κ2) is 6.10. The number of benzene rings is 1. The molecule has 134 valence electrons. The van der Waals surface area contributed by atoms with Gasteiger partial charge in [0.1, 0.15) is 17.2 Å². The first-order chi connectivity index (χ1) is 12.4. The molecule has 0 aliphatic carbocycles. The lowest BCUT2D eigenvalue weighted by Gasteiger charge is -2.30. The van der Waals surface area contributed by atoms with Crippen LogP contribution in [-0.2, 0) is 10.0 Å². The second-order valence-electron chi connectivity index (χ2n) is 5.92. The molecule has 0 spiro atoms. The average molecular weight is 373 g/mol. The number of fused-ring (bicyclic) bond motifs is 1. The van der Waals surface area contributed by atoms with E-state index in [9.17, 15) is 12.8 Å². The van der Waals surface area contributed by atoms with Crippen molar-refractivity contribution >= 4 is 16.0 Å². The Labute approximate surface area is 150 Å². The first-order valence-electron chi connectivity index (χ1n) is 7.96. The van der Waals surface area contributed by atoms with Crippen LogP contribution in [0.3, 0.4) is 0 Å². The number of halogens is 1. The largest absolute Gasteiger partial charge is 0.352 e. The van der Waals surface area contributed by atoms with E-state index in [0.29, 0.717) is 29.4 Å². The molecule has 1 aromatic carbocycles. The molecule has 0 unspecified atom stereocenters. The lowest BCUT2D eigenvalue weighted by molar-refractivity contribution is 0.572. The van der Waals surface area contributed by atoms with Crippen LogP contribution in [0.1, 0.15) is 0 Å². The van der Waals surface area contributed by atoms with Gasteiger partial charge in [-0.2, -0.15) is 0 Å². The number of imidazole rings is 1. The predicted molar refractivity (Wildman–Crippen MR) is 97.3 cm³/mol. The summed E-state index contributed by atoms with van der Waals surface area (Å²) in [6.45, 7) is 0.728. The average Bonchev–Trinajstić information content (AvgIpc) is 3.01. The van der Waals surface area contributed by atoms with Crippen molar-refractivity contribution in [2.45, 2.75) is 0 Å². The van der Waals surface area contributed by atoms with Gasteiger partial charge in [-0.3, -0.25) is 4.98 Å². The molecule has 0 radical (unpaired) electrons. The summed E-state index contributed by atoms with van der Waals surface area (Å²) < 4.78 is 40.8. The standard InChI is InChI=1S/C17H16FN5O2S/c1-26(24,25)22-11-10-20-17-21-15(12-2-4-14(18)5-3-12)16(23(17)22)13-6-8-19-9-7-13/h2-9H,10-11H2,1H3,(H,20,21). The summed E-state index contributed by atoms with van der Waals surface area (Å²) in [5.74, 6) is 0.0758. The van der Waals surface area contributed by atoms with Gasteiger partial charge in [-0.25, -0.2) is 26.9 Å². The summed E-state index contributed by atoms with van der Waals surface area (Å²) in [5, 5.41) is 3.13. The van der Waals surface area contributed by atoms with Crippen molar-refractivity contribution < 1.29 is 12.8 Å². The molecular weight excluding hydrogens is 357 g/mol. The highest BCUT2D eigenvalue weighted by Gasteiger charge is 2.30. The maximum Gasteiger partial charge on any atom is 0.245 e. The molecule has 0 bridgehead atoms. The van der Waals surface area contributed by atoms with E-state index in [-0.39, 0.29) is 12.4 Å². The second-order valence-corrected chi connectivity index (χ2v) is 7.81. The summed E-state index contributed by atoms with van der Waals surface area (Å²) in [6, 6.07) is 9.52. The summed E-state index contributed by atoms with van der Waals surface area (Å²) in [4.78, 5) is 8.62. The first kappa shape index (κ1) is 16.5. The fraction of sp³-hybridized carbons (Fsp3) is 0.176. The van der Waals surface area contributed by atoms with Gasteiger partial charge >= 0.3 is 0 Å². The van der Waals surface area contributed by atoms with Crippen LogP contribution in [0, 0.1) is 5.82 Å². The van der Waals surface area contributed by atoms with Crippen molar-refractivity contribution in [1.29, 1.82) is 0 Å². The number of nitrogens with zero attached hydrogens (tertiary/aromatic N) is 4. The third-order valence-corrected chi connectivity index (χ3v) is 5.23. The van der Waals surface area contributed by atoms with E-state index in [1.165, 1.54) is 16.5 Å². The zero-order valence-corrected chi connectivity index (χ0v) is 14.7. The molecule has 1 N–H and O–H groups in total. The van der Waals surface area contributed by atoms with Crippen molar-refractivity contribution in [2.24, 2.45) is 0 Å². The van der Waals surface area contributed by atoms with E-state index in [1.54, 1.807) is 41.3 Å². The van der Waals surface area contributed by atoms with Gasteiger partial charge in [0.15, 0.2) is 0 Å². The molecule has 9 heteroatoms. The third kappa shape index (κ3) is 2.80. The van der Waals surface area contributed by atoms with Crippen LogP contribution in [0.15, 0.2) is 48.8 Å². The minimum absolute atomic E-state index is 0.281. The molecule has 3 aromatic rings. The van der Waals surface area contributed by atoms with Crippen LogP contribution in [0.5, 0.6) is 0 Å². The van der Waals surface area contributed by atoms with Crippen LogP contribution in [0.2, 0.25) is 0 Å². The van der Waals surface area contributed by atoms with E-state index < -0.39 is 10.0 Å². The Morgan fingerprint density at radius 2 is 1.77 bits per heavy atom. The fourth-order valence-electron chi connectivity index (χ4n) is 3.00. The van der Waals surface area contributed by atoms with Crippen molar-refractivity contribution in [1.82, 2.24) is 14.6 Å². The summed E-state index contributed by atoms with van der Waals surface area (Å²) in [5.41, 5.74) is 2.62. The predicted octanol–water partition coefficient (Wildman–Crippen LogP) is 2.07. The number of anilines is 1. The van der Waals surface area contributed by atoms with Gasteiger partial charge in [0.2, 0.25) is 16.0 Å². The monoisotopic (exact) mass is 373 g/mol. The number of hydrogen-bond acceptors (Lipinski definition) is 5. The van der Waals surface area contributed by atoms with Gasteiger partial charge < -0.3 is 5.32 Å². The number of hydrogen-bond donors (Lipinski definition) is 1. The minimum atomic E-state index is -3.50. The van der Waals surface area contributed by atoms with Crippen LogP contribution < -0.4 is 9.73 Å². The molecule has 4 rings (SSSR count). The minimum Gasteiger partial charge on any atom is -0.352 e. The van der Waals surface area contributed by atoms with Gasteiger partial charge in [0.25, 0.3) is 0 Å². The fourth-order valence-corrected chi connectivity index (χ4v) is 3.88. The Morgan fingerprint density at radius 3 is 2.42 bits per heavy atom. The Balaban J connectivity index is 2.02. The van der Waals surface area contributed by atoms with E-state index in [4.69, 9.17) is 0 Å². The van der Waals surface area contributed by atoms with Crippen LogP contribution in [0.25, 0.3) is 22.5 Å². The Morgan fingerprint density at radius 1 is 1.08 bits per heavy atom. The Hall–Kier alpha value is -2.94. The highest BCUT2D eigenvalue weighted by Crippen LogP contribution is 2.36. The molecule has 0 saturated heterocycles. The van der Waals surface area contributed by atoms with Crippen molar-refractivity contribution in [3.63, 3.8) is 0 Å².